The predicted molar refractivity (Wildman–Crippen MR) is 84.2 cm³/mol. The highest BCUT2D eigenvalue weighted by Gasteiger charge is 1.97. The van der Waals surface area contributed by atoms with Crippen molar-refractivity contribution in [1.29, 1.82) is 0 Å². The number of nitrogens with zero attached hydrogens (tertiary/aromatic N) is 2. The third kappa shape index (κ3) is 3.26. The van der Waals surface area contributed by atoms with Gasteiger partial charge in [-0.2, -0.15) is 0 Å². The van der Waals surface area contributed by atoms with E-state index in [9.17, 15) is 0 Å². The summed E-state index contributed by atoms with van der Waals surface area (Å²) in [6.07, 6.45) is 3.68. The Bertz CT molecular complexity index is 622. The van der Waals surface area contributed by atoms with Crippen molar-refractivity contribution < 1.29 is 0 Å². The fourth-order valence-electron chi connectivity index (χ4n) is 1.75. The maximum absolute atomic E-state index is 4.49. The van der Waals surface area contributed by atoms with Crippen molar-refractivity contribution in [2.45, 2.75) is 6.92 Å². The van der Waals surface area contributed by atoms with Crippen LogP contribution in [0.3, 0.4) is 0 Å². The summed E-state index contributed by atoms with van der Waals surface area (Å²) in [7, 11) is 0. The summed E-state index contributed by atoms with van der Waals surface area (Å²) in [4.78, 5) is 8.39. The number of aliphatic imine (C=N–C) groups is 2. The molecule has 0 aliphatic carbocycles. The molecule has 2 heteroatoms. The minimum absolute atomic E-state index is 0.867. The van der Waals surface area contributed by atoms with Gasteiger partial charge in [-0.05, 0) is 48.5 Å². The monoisotopic (exact) mass is 248 g/mol. The molecule has 0 aromatic heterocycles. The maximum Gasteiger partial charge on any atom is 0.0660 e. The zero-order valence-electron chi connectivity index (χ0n) is 11.0. The Labute approximate surface area is 113 Å². The van der Waals surface area contributed by atoms with Crippen molar-refractivity contribution in [2.24, 2.45) is 9.98 Å². The van der Waals surface area contributed by atoms with Crippen molar-refractivity contribution in [3.05, 3.63) is 65.7 Å². The largest absolute Gasteiger partial charge is 0.265 e. The van der Waals surface area contributed by atoms with E-state index in [2.05, 4.69) is 23.3 Å². The third-order valence-electron chi connectivity index (χ3n) is 2.89. The molecule has 0 aliphatic heterocycles. The van der Waals surface area contributed by atoms with Gasteiger partial charge in [0.05, 0.1) is 11.4 Å². The summed E-state index contributed by atoms with van der Waals surface area (Å²) in [5, 5.41) is 0. The minimum atomic E-state index is 0.867. The normalized spacial score (nSPS) is 10.6. The molecule has 2 aromatic rings. The first-order valence-electron chi connectivity index (χ1n) is 6.07. The van der Waals surface area contributed by atoms with Crippen molar-refractivity contribution in [2.75, 3.05) is 0 Å². The third-order valence-corrected chi connectivity index (χ3v) is 2.89. The average Bonchev–Trinajstić information content (AvgIpc) is 2.46. The topological polar surface area (TPSA) is 24.7 Å². The Balaban J connectivity index is 2.21. The highest BCUT2D eigenvalue weighted by atomic mass is 14.7. The number of rotatable bonds is 4. The smallest absolute Gasteiger partial charge is 0.0660 e. The SMILES string of the molecule is C=Cc1ccc(C=Nc2ccc(N=C)cc2C)cc1. The molecule has 2 rings (SSSR count). The van der Waals surface area contributed by atoms with Crippen LogP contribution in [-0.4, -0.2) is 12.9 Å². The molecule has 0 spiro atoms. The molecular weight excluding hydrogens is 232 g/mol. The summed E-state index contributed by atoms with van der Waals surface area (Å²) in [6.45, 7) is 9.27. The van der Waals surface area contributed by atoms with E-state index in [-0.39, 0.29) is 0 Å². The molecule has 2 nitrogen and oxygen atoms in total. The Morgan fingerprint density at radius 3 is 2.26 bits per heavy atom. The van der Waals surface area contributed by atoms with Crippen molar-refractivity contribution in [3.8, 4) is 0 Å². The van der Waals surface area contributed by atoms with Crippen LogP contribution < -0.4 is 0 Å². The summed E-state index contributed by atoms with van der Waals surface area (Å²) in [6, 6.07) is 13.9. The Hall–Kier alpha value is -2.48. The zero-order valence-corrected chi connectivity index (χ0v) is 11.0. The lowest BCUT2D eigenvalue weighted by Crippen LogP contribution is -1.81. The number of hydrogen-bond donors (Lipinski definition) is 0. The molecule has 0 unspecified atom stereocenters. The Morgan fingerprint density at radius 2 is 1.68 bits per heavy atom. The molecule has 2 aromatic carbocycles. The van der Waals surface area contributed by atoms with Gasteiger partial charge in [0.1, 0.15) is 0 Å². The average molecular weight is 248 g/mol. The molecule has 0 saturated carbocycles. The van der Waals surface area contributed by atoms with E-state index < -0.39 is 0 Å². The van der Waals surface area contributed by atoms with Gasteiger partial charge >= 0.3 is 0 Å². The molecule has 0 bridgehead atoms. The van der Waals surface area contributed by atoms with Gasteiger partial charge in [0, 0.05) is 6.21 Å². The first-order chi connectivity index (χ1) is 9.22. The van der Waals surface area contributed by atoms with E-state index >= 15 is 0 Å². The first-order valence-corrected chi connectivity index (χ1v) is 6.07. The van der Waals surface area contributed by atoms with Crippen LogP contribution in [0.2, 0.25) is 0 Å². The minimum Gasteiger partial charge on any atom is -0.265 e. The van der Waals surface area contributed by atoms with Gasteiger partial charge in [0.15, 0.2) is 0 Å². The molecule has 0 aliphatic rings. The summed E-state index contributed by atoms with van der Waals surface area (Å²) in [5.41, 5.74) is 5.07. The molecule has 0 radical (unpaired) electrons. The molecule has 0 heterocycles. The van der Waals surface area contributed by atoms with Gasteiger partial charge in [-0.15, -0.1) is 0 Å². The van der Waals surface area contributed by atoms with Gasteiger partial charge < -0.3 is 0 Å². The Morgan fingerprint density at radius 1 is 1.00 bits per heavy atom. The van der Waals surface area contributed by atoms with Crippen LogP contribution in [0.25, 0.3) is 6.08 Å². The summed E-state index contributed by atoms with van der Waals surface area (Å²) in [5.74, 6) is 0. The molecule has 94 valence electrons. The van der Waals surface area contributed by atoms with Crippen LogP contribution in [0.4, 0.5) is 11.4 Å². The molecule has 19 heavy (non-hydrogen) atoms. The lowest BCUT2D eigenvalue weighted by molar-refractivity contribution is 1.38. The molecule has 0 fully saturated rings. The zero-order chi connectivity index (χ0) is 13.7. The van der Waals surface area contributed by atoms with E-state index in [0.29, 0.717) is 0 Å². The van der Waals surface area contributed by atoms with Crippen molar-refractivity contribution >= 4 is 30.4 Å². The molecule has 0 saturated heterocycles. The standard InChI is InChI=1S/C17H16N2/c1-4-14-5-7-15(8-6-14)12-19-17-10-9-16(18-3)11-13(17)2/h4-12H,1,3H2,2H3. The first kappa shape index (κ1) is 13.0. The quantitative estimate of drug-likeness (QED) is 0.699. The van der Waals surface area contributed by atoms with Gasteiger partial charge in [0.25, 0.3) is 0 Å². The Kier molecular flexibility index (Phi) is 4.04. The van der Waals surface area contributed by atoms with E-state index in [4.69, 9.17) is 0 Å². The van der Waals surface area contributed by atoms with Crippen LogP contribution in [0, 0.1) is 6.92 Å². The van der Waals surface area contributed by atoms with Gasteiger partial charge in [0.2, 0.25) is 0 Å². The molecule has 0 N–H and O–H groups in total. The summed E-state index contributed by atoms with van der Waals surface area (Å²) < 4.78 is 0. The predicted octanol–water partition coefficient (Wildman–Crippen LogP) is 4.72. The van der Waals surface area contributed by atoms with Crippen molar-refractivity contribution in [3.63, 3.8) is 0 Å². The number of benzene rings is 2. The highest BCUT2D eigenvalue weighted by molar-refractivity contribution is 5.82. The lowest BCUT2D eigenvalue weighted by atomic mass is 10.1. The summed E-state index contributed by atoms with van der Waals surface area (Å²) >= 11 is 0. The van der Waals surface area contributed by atoms with Gasteiger partial charge in [-0.3, -0.25) is 9.98 Å². The maximum atomic E-state index is 4.49. The van der Waals surface area contributed by atoms with Crippen LogP contribution in [-0.2, 0) is 0 Å². The highest BCUT2D eigenvalue weighted by Crippen LogP contribution is 2.23. The number of aryl methyl sites for hydroxylation is 1. The van der Waals surface area contributed by atoms with E-state index in [0.717, 1.165) is 28.1 Å². The molecule has 0 amide bonds. The second kappa shape index (κ2) is 5.91. The fraction of sp³-hybridized carbons (Fsp3) is 0.0588. The second-order valence-corrected chi connectivity index (χ2v) is 4.26. The fourth-order valence-corrected chi connectivity index (χ4v) is 1.75. The molecular formula is C17H16N2. The van der Waals surface area contributed by atoms with Crippen molar-refractivity contribution in [1.82, 2.24) is 0 Å². The lowest BCUT2D eigenvalue weighted by Gasteiger charge is -2.01. The number of hydrogen-bond acceptors (Lipinski definition) is 2. The van der Waals surface area contributed by atoms with Crippen LogP contribution in [0.5, 0.6) is 0 Å². The van der Waals surface area contributed by atoms with Gasteiger partial charge in [-0.1, -0.05) is 36.9 Å². The van der Waals surface area contributed by atoms with Crippen LogP contribution in [0.15, 0.2) is 59.0 Å². The second-order valence-electron chi connectivity index (χ2n) is 4.26. The van der Waals surface area contributed by atoms with Crippen LogP contribution in [0.1, 0.15) is 16.7 Å². The van der Waals surface area contributed by atoms with E-state index in [1.165, 1.54) is 0 Å². The van der Waals surface area contributed by atoms with E-state index in [1.54, 1.807) is 0 Å². The molecule has 0 atom stereocenters. The van der Waals surface area contributed by atoms with Crippen LogP contribution >= 0.6 is 0 Å². The van der Waals surface area contributed by atoms with E-state index in [1.807, 2.05) is 61.7 Å². The van der Waals surface area contributed by atoms with Gasteiger partial charge in [-0.25, -0.2) is 0 Å².